The molecular weight excluding hydrogens is 384 g/mol. The molecule has 0 N–H and O–H groups in total. The fourth-order valence-electron chi connectivity index (χ4n) is 3.75. The van der Waals surface area contributed by atoms with E-state index < -0.39 is 0 Å². The third-order valence-corrected chi connectivity index (χ3v) is 5.37. The first-order chi connectivity index (χ1) is 14.5. The first-order valence-electron chi connectivity index (χ1n) is 9.94. The molecule has 1 fully saturated rings. The second-order valence-corrected chi connectivity index (χ2v) is 7.33. The Balaban J connectivity index is 1.56. The highest BCUT2D eigenvalue weighted by Crippen LogP contribution is 2.28. The average Bonchev–Trinajstić information content (AvgIpc) is 2.77. The Morgan fingerprint density at radius 3 is 1.77 bits per heavy atom. The number of urea groups is 1. The molecule has 0 saturated carbocycles. The normalized spacial score (nSPS) is 14.0. The topological polar surface area (TPSA) is 26.8 Å². The van der Waals surface area contributed by atoms with Crippen LogP contribution in [0.1, 0.15) is 5.56 Å². The number of benzene rings is 3. The standard InChI is InChI=1S/C24H23F2N3O/c1-18-4-2-3-5-23(18)27-14-16-28(17-15-27)24(30)29(21-10-6-19(25)7-11-21)22-12-8-20(26)9-13-22/h2-13H,14-17H2,1H3. The smallest absolute Gasteiger partial charge is 0.329 e. The zero-order chi connectivity index (χ0) is 21.1. The molecule has 30 heavy (non-hydrogen) atoms. The summed E-state index contributed by atoms with van der Waals surface area (Å²) in [5.41, 5.74) is 3.46. The number of rotatable bonds is 3. The van der Waals surface area contributed by atoms with Crippen LogP contribution < -0.4 is 9.80 Å². The molecule has 3 aromatic rings. The number of para-hydroxylation sites is 1. The summed E-state index contributed by atoms with van der Waals surface area (Å²) in [6, 6.07) is 19.5. The lowest BCUT2D eigenvalue weighted by molar-refractivity contribution is 0.203. The Bertz CT molecular complexity index is 968. The minimum Gasteiger partial charge on any atom is -0.368 e. The van der Waals surface area contributed by atoms with Crippen LogP contribution in [0.5, 0.6) is 0 Å². The van der Waals surface area contributed by atoms with Crippen LogP contribution in [-0.2, 0) is 0 Å². The van der Waals surface area contributed by atoms with Crippen LogP contribution >= 0.6 is 0 Å². The van der Waals surface area contributed by atoms with Crippen LogP contribution in [-0.4, -0.2) is 37.1 Å². The minimum atomic E-state index is -0.378. The Morgan fingerprint density at radius 2 is 1.27 bits per heavy atom. The van der Waals surface area contributed by atoms with Crippen LogP contribution in [0.3, 0.4) is 0 Å². The number of aryl methyl sites for hydroxylation is 1. The van der Waals surface area contributed by atoms with E-state index in [1.54, 1.807) is 29.2 Å². The first kappa shape index (κ1) is 19.9. The number of nitrogens with zero attached hydrogens (tertiary/aromatic N) is 3. The molecule has 0 bridgehead atoms. The first-order valence-corrected chi connectivity index (χ1v) is 9.94. The monoisotopic (exact) mass is 407 g/mol. The van der Waals surface area contributed by atoms with E-state index in [-0.39, 0.29) is 17.7 Å². The fraction of sp³-hybridized carbons (Fsp3) is 0.208. The molecule has 0 aromatic heterocycles. The van der Waals surface area contributed by atoms with Gasteiger partial charge in [-0.1, -0.05) is 18.2 Å². The van der Waals surface area contributed by atoms with Crippen molar-refractivity contribution in [2.24, 2.45) is 0 Å². The van der Waals surface area contributed by atoms with Crippen LogP contribution in [0.15, 0.2) is 72.8 Å². The summed E-state index contributed by atoms with van der Waals surface area (Å²) in [6.07, 6.45) is 0. The number of hydrogen-bond acceptors (Lipinski definition) is 2. The highest BCUT2D eigenvalue weighted by atomic mass is 19.1. The maximum absolute atomic E-state index is 13.4. The zero-order valence-corrected chi connectivity index (χ0v) is 16.8. The van der Waals surface area contributed by atoms with E-state index in [9.17, 15) is 13.6 Å². The molecule has 0 atom stereocenters. The second-order valence-electron chi connectivity index (χ2n) is 7.33. The second kappa shape index (κ2) is 8.53. The summed E-state index contributed by atoms with van der Waals surface area (Å²) < 4.78 is 26.9. The molecule has 1 saturated heterocycles. The van der Waals surface area contributed by atoms with E-state index in [4.69, 9.17) is 0 Å². The van der Waals surface area contributed by atoms with Gasteiger partial charge in [-0.05, 0) is 67.1 Å². The van der Waals surface area contributed by atoms with Gasteiger partial charge in [0.2, 0.25) is 0 Å². The lowest BCUT2D eigenvalue weighted by atomic mass is 10.1. The van der Waals surface area contributed by atoms with Crippen molar-refractivity contribution in [2.45, 2.75) is 6.92 Å². The molecule has 1 heterocycles. The molecule has 0 unspecified atom stereocenters. The third kappa shape index (κ3) is 4.13. The van der Waals surface area contributed by atoms with Gasteiger partial charge in [0.25, 0.3) is 0 Å². The molecule has 154 valence electrons. The molecule has 1 aliphatic heterocycles. The summed E-state index contributed by atoms with van der Waals surface area (Å²) in [4.78, 5) is 19.0. The number of anilines is 3. The SMILES string of the molecule is Cc1ccccc1N1CCN(C(=O)N(c2ccc(F)cc2)c2ccc(F)cc2)CC1. The van der Waals surface area contributed by atoms with Crippen molar-refractivity contribution in [1.82, 2.24) is 4.90 Å². The molecule has 0 radical (unpaired) electrons. The molecule has 2 amide bonds. The molecule has 0 spiro atoms. The molecule has 4 rings (SSSR count). The summed E-state index contributed by atoms with van der Waals surface area (Å²) in [6.45, 7) is 4.64. The summed E-state index contributed by atoms with van der Waals surface area (Å²) >= 11 is 0. The maximum Gasteiger partial charge on any atom is 0.329 e. The lowest BCUT2D eigenvalue weighted by Crippen LogP contribution is -2.52. The van der Waals surface area contributed by atoms with Crippen molar-refractivity contribution in [3.8, 4) is 0 Å². The van der Waals surface area contributed by atoms with Crippen molar-refractivity contribution < 1.29 is 13.6 Å². The number of carbonyl (C=O) groups is 1. The molecule has 0 aliphatic carbocycles. The molecule has 6 heteroatoms. The molecule has 3 aromatic carbocycles. The van der Waals surface area contributed by atoms with Gasteiger partial charge in [0, 0.05) is 31.9 Å². The zero-order valence-electron chi connectivity index (χ0n) is 16.8. The Kier molecular flexibility index (Phi) is 5.65. The van der Waals surface area contributed by atoms with Crippen molar-refractivity contribution in [3.05, 3.63) is 90.0 Å². The van der Waals surface area contributed by atoms with Crippen LogP contribution in [0.2, 0.25) is 0 Å². The fourth-order valence-corrected chi connectivity index (χ4v) is 3.75. The molecule has 1 aliphatic rings. The Morgan fingerprint density at radius 1 is 0.767 bits per heavy atom. The lowest BCUT2D eigenvalue weighted by Gasteiger charge is -2.39. The summed E-state index contributed by atoms with van der Waals surface area (Å²) in [7, 11) is 0. The molecular formula is C24H23F2N3O. The third-order valence-electron chi connectivity index (χ3n) is 5.37. The molecule has 4 nitrogen and oxygen atoms in total. The van der Waals surface area contributed by atoms with Crippen molar-refractivity contribution >= 4 is 23.1 Å². The van der Waals surface area contributed by atoms with E-state index in [1.165, 1.54) is 40.4 Å². The highest BCUT2D eigenvalue weighted by Gasteiger charge is 2.28. The minimum absolute atomic E-state index is 0.211. The van der Waals surface area contributed by atoms with Crippen LogP contribution in [0.4, 0.5) is 30.6 Å². The van der Waals surface area contributed by atoms with Crippen LogP contribution in [0, 0.1) is 18.6 Å². The van der Waals surface area contributed by atoms with Gasteiger partial charge < -0.3 is 9.80 Å². The van der Waals surface area contributed by atoms with Gasteiger partial charge in [0.1, 0.15) is 11.6 Å². The van der Waals surface area contributed by atoms with Gasteiger partial charge in [0.15, 0.2) is 0 Å². The van der Waals surface area contributed by atoms with Gasteiger partial charge in [-0.2, -0.15) is 0 Å². The summed E-state index contributed by atoms with van der Waals surface area (Å²) in [5, 5.41) is 0. The van der Waals surface area contributed by atoms with Gasteiger partial charge in [0.05, 0.1) is 11.4 Å². The predicted molar refractivity (Wildman–Crippen MR) is 115 cm³/mol. The number of hydrogen-bond donors (Lipinski definition) is 0. The van der Waals surface area contributed by atoms with Gasteiger partial charge in [-0.25, -0.2) is 13.6 Å². The van der Waals surface area contributed by atoms with E-state index in [0.717, 1.165) is 13.1 Å². The number of carbonyl (C=O) groups excluding carboxylic acids is 1. The number of amides is 2. The van der Waals surface area contributed by atoms with Crippen LogP contribution in [0.25, 0.3) is 0 Å². The van der Waals surface area contributed by atoms with E-state index in [2.05, 4.69) is 24.0 Å². The van der Waals surface area contributed by atoms with Gasteiger partial charge in [-0.3, -0.25) is 4.90 Å². The Hall–Kier alpha value is -3.41. The van der Waals surface area contributed by atoms with Crippen molar-refractivity contribution in [3.63, 3.8) is 0 Å². The largest absolute Gasteiger partial charge is 0.368 e. The predicted octanol–water partition coefficient (Wildman–Crippen LogP) is 5.35. The quantitative estimate of drug-likeness (QED) is 0.585. The van der Waals surface area contributed by atoms with Crippen molar-refractivity contribution in [1.29, 1.82) is 0 Å². The van der Waals surface area contributed by atoms with E-state index in [1.807, 2.05) is 12.1 Å². The van der Waals surface area contributed by atoms with Gasteiger partial charge in [-0.15, -0.1) is 0 Å². The summed E-state index contributed by atoms with van der Waals surface area (Å²) in [5.74, 6) is -0.755. The van der Waals surface area contributed by atoms with Gasteiger partial charge >= 0.3 is 6.03 Å². The number of halogens is 2. The highest BCUT2D eigenvalue weighted by molar-refractivity contribution is 5.99. The average molecular weight is 407 g/mol. The maximum atomic E-state index is 13.4. The van der Waals surface area contributed by atoms with E-state index >= 15 is 0 Å². The Labute approximate surface area is 175 Å². The number of piperazine rings is 1. The van der Waals surface area contributed by atoms with E-state index in [0.29, 0.717) is 24.5 Å². The van der Waals surface area contributed by atoms with Crippen molar-refractivity contribution in [2.75, 3.05) is 36.0 Å².